The van der Waals surface area contributed by atoms with Crippen molar-refractivity contribution in [3.05, 3.63) is 64.9 Å². The number of carbonyl (C=O) groups excluding carboxylic acids is 1. The average Bonchev–Trinajstić information content (AvgIpc) is 3.42. The molecular weight excluding hydrogens is 418 g/mol. The summed E-state index contributed by atoms with van der Waals surface area (Å²) < 4.78 is 0. The van der Waals surface area contributed by atoms with Gasteiger partial charge in [0.1, 0.15) is 0 Å². The van der Waals surface area contributed by atoms with Crippen LogP contribution < -0.4 is 10.6 Å². The van der Waals surface area contributed by atoms with Gasteiger partial charge in [0.2, 0.25) is 5.91 Å². The van der Waals surface area contributed by atoms with Crippen LogP contribution in [-0.4, -0.2) is 40.5 Å². The van der Waals surface area contributed by atoms with Crippen LogP contribution in [0.5, 0.6) is 0 Å². The van der Waals surface area contributed by atoms with Crippen molar-refractivity contribution in [3.63, 3.8) is 0 Å². The van der Waals surface area contributed by atoms with Gasteiger partial charge in [0.25, 0.3) is 0 Å². The highest BCUT2D eigenvalue weighted by molar-refractivity contribution is 7.13. The predicted octanol–water partition coefficient (Wildman–Crippen LogP) is 3.08. The van der Waals surface area contributed by atoms with Crippen LogP contribution in [0.4, 0.5) is 0 Å². The quantitative estimate of drug-likeness (QED) is 0.559. The van der Waals surface area contributed by atoms with Gasteiger partial charge in [-0.1, -0.05) is 24.3 Å². The second-order valence-electron chi connectivity index (χ2n) is 7.37. The molecule has 1 aliphatic heterocycles. The molecular formula is C22H26ClN5OS. The van der Waals surface area contributed by atoms with Crippen molar-refractivity contribution in [3.8, 4) is 10.8 Å². The Morgan fingerprint density at radius 1 is 1.17 bits per heavy atom. The van der Waals surface area contributed by atoms with Crippen LogP contribution in [0.25, 0.3) is 10.8 Å². The normalized spacial score (nSPS) is 15.5. The second-order valence-corrected chi connectivity index (χ2v) is 8.23. The molecule has 158 valence electrons. The van der Waals surface area contributed by atoms with E-state index in [1.165, 1.54) is 23.3 Å². The highest BCUT2D eigenvalue weighted by Crippen LogP contribution is 2.19. The first kappa shape index (κ1) is 22.3. The summed E-state index contributed by atoms with van der Waals surface area (Å²) >= 11 is 1.52. The van der Waals surface area contributed by atoms with E-state index in [9.17, 15) is 4.79 Å². The Bertz CT molecular complexity index is 926. The zero-order chi connectivity index (χ0) is 19.9. The number of hydrogen-bond acceptors (Lipinski definition) is 6. The lowest BCUT2D eigenvalue weighted by Gasteiger charge is -2.09. The molecule has 2 N–H and O–H groups in total. The van der Waals surface area contributed by atoms with Crippen molar-refractivity contribution in [2.45, 2.75) is 25.7 Å². The molecule has 0 bridgehead atoms. The fourth-order valence-corrected chi connectivity index (χ4v) is 4.33. The lowest BCUT2D eigenvalue weighted by atomic mass is 9.97. The molecule has 6 nitrogen and oxygen atoms in total. The van der Waals surface area contributed by atoms with Gasteiger partial charge in [-0.2, -0.15) is 0 Å². The van der Waals surface area contributed by atoms with E-state index in [4.69, 9.17) is 0 Å². The Labute approximate surface area is 187 Å². The van der Waals surface area contributed by atoms with Gasteiger partial charge in [0.15, 0.2) is 10.8 Å². The molecule has 1 saturated heterocycles. The van der Waals surface area contributed by atoms with Gasteiger partial charge in [0.05, 0.1) is 12.1 Å². The molecule has 0 spiro atoms. The Kier molecular flexibility index (Phi) is 8.30. The number of amides is 1. The maximum atomic E-state index is 12.2. The molecule has 8 heteroatoms. The molecule has 1 aromatic carbocycles. The first-order valence-electron chi connectivity index (χ1n) is 10.0. The van der Waals surface area contributed by atoms with Gasteiger partial charge in [0, 0.05) is 30.7 Å². The third-order valence-corrected chi connectivity index (χ3v) is 5.97. The van der Waals surface area contributed by atoms with E-state index < -0.39 is 0 Å². The number of nitrogens with one attached hydrogen (secondary N) is 2. The van der Waals surface area contributed by atoms with Gasteiger partial charge in [-0.3, -0.25) is 4.79 Å². The average molecular weight is 444 g/mol. The van der Waals surface area contributed by atoms with Crippen LogP contribution in [0, 0.1) is 5.92 Å². The third kappa shape index (κ3) is 6.32. The molecule has 1 fully saturated rings. The Hall–Kier alpha value is -2.35. The zero-order valence-corrected chi connectivity index (χ0v) is 18.3. The largest absolute Gasteiger partial charge is 0.355 e. The summed E-state index contributed by atoms with van der Waals surface area (Å²) in [5.41, 5.74) is 3.35. The minimum Gasteiger partial charge on any atom is -0.355 e. The first-order chi connectivity index (χ1) is 14.3. The molecule has 3 aromatic rings. The molecule has 4 rings (SSSR count). The van der Waals surface area contributed by atoms with E-state index in [0.29, 0.717) is 25.2 Å². The Balaban J connectivity index is 0.00000256. The SMILES string of the molecule is Cl.O=C(Cc1ccc(CC2CCNC2)cc1)NCCc1csc(-c2ncccn2)n1. The topological polar surface area (TPSA) is 79.8 Å². The molecule has 0 radical (unpaired) electrons. The third-order valence-electron chi connectivity index (χ3n) is 5.09. The fourth-order valence-electron chi connectivity index (χ4n) is 3.53. The van der Waals surface area contributed by atoms with E-state index in [1.54, 1.807) is 18.5 Å². The van der Waals surface area contributed by atoms with Crippen molar-refractivity contribution in [1.82, 2.24) is 25.6 Å². The van der Waals surface area contributed by atoms with Crippen LogP contribution in [0.1, 0.15) is 23.2 Å². The minimum absolute atomic E-state index is 0. The summed E-state index contributed by atoms with van der Waals surface area (Å²) in [6.07, 6.45) is 6.89. The Morgan fingerprint density at radius 2 is 1.93 bits per heavy atom. The van der Waals surface area contributed by atoms with Crippen LogP contribution in [0.15, 0.2) is 48.1 Å². The number of halogens is 1. The highest BCUT2D eigenvalue weighted by Gasteiger charge is 2.14. The maximum absolute atomic E-state index is 12.2. The highest BCUT2D eigenvalue weighted by atomic mass is 35.5. The molecule has 1 amide bonds. The van der Waals surface area contributed by atoms with Gasteiger partial charge in [-0.05, 0) is 49.0 Å². The van der Waals surface area contributed by atoms with Crippen molar-refractivity contribution < 1.29 is 4.79 Å². The summed E-state index contributed by atoms with van der Waals surface area (Å²) in [7, 11) is 0. The molecule has 30 heavy (non-hydrogen) atoms. The standard InChI is InChI=1S/C22H25N5OS.ClH/c28-20(13-17-4-2-16(3-5-17)12-18-6-10-23-14-18)24-11-7-19-15-29-22(27-19)21-25-8-1-9-26-21;/h1-5,8-9,15,18,23H,6-7,10-14H2,(H,24,28);1H. The summed E-state index contributed by atoms with van der Waals surface area (Å²) in [5, 5.41) is 9.20. The molecule has 0 aliphatic carbocycles. The summed E-state index contributed by atoms with van der Waals surface area (Å²) in [4.78, 5) is 25.2. The molecule has 0 saturated carbocycles. The van der Waals surface area contributed by atoms with Crippen LogP contribution >= 0.6 is 23.7 Å². The van der Waals surface area contributed by atoms with E-state index in [0.717, 1.165) is 41.7 Å². The van der Waals surface area contributed by atoms with E-state index in [2.05, 4.69) is 49.9 Å². The minimum atomic E-state index is 0. The van der Waals surface area contributed by atoms with Crippen molar-refractivity contribution >= 4 is 29.7 Å². The van der Waals surface area contributed by atoms with Crippen LogP contribution in [0.2, 0.25) is 0 Å². The van der Waals surface area contributed by atoms with Gasteiger partial charge >= 0.3 is 0 Å². The predicted molar refractivity (Wildman–Crippen MR) is 122 cm³/mol. The molecule has 3 heterocycles. The van der Waals surface area contributed by atoms with Crippen molar-refractivity contribution in [2.24, 2.45) is 5.92 Å². The second kappa shape index (κ2) is 11.2. The monoisotopic (exact) mass is 443 g/mol. The smallest absolute Gasteiger partial charge is 0.224 e. The van der Waals surface area contributed by atoms with Crippen molar-refractivity contribution in [1.29, 1.82) is 0 Å². The summed E-state index contributed by atoms with van der Waals surface area (Å²) in [6.45, 7) is 2.82. The van der Waals surface area contributed by atoms with E-state index in [1.807, 2.05) is 5.38 Å². The molecule has 1 aliphatic rings. The number of nitrogens with zero attached hydrogens (tertiary/aromatic N) is 3. The van der Waals surface area contributed by atoms with Gasteiger partial charge in [-0.15, -0.1) is 23.7 Å². The number of benzene rings is 1. The maximum Gasteiger partial charge on any atom is 0.224 e. The van der Waals surface area contributed by atoms with Gasteiger partial charge in [-0.25, -0.2) is 15.0 Å². The lowest BCUT2D eigenvalue weighted by Crippen LogP contribution is -2.27. The number of carbonyl (C=O) groups is 1. The fraction of sp³-hybridized carbons (Fsp3) is 0.364. The number of hydrogen-bond donors (Lipinski definition) is 2. The number of rotatable bonds is 8. The first-order valence-corrected chi connectivity index (χ1v) is 10.9. The number of aromatic nitrogens is 3. The van der Waals surface area contributed by atoms with Gasteiger partial charge < -0.3 is 10.6 Å². The van der Waals surface area contributed by atoms with E-state index in [-0.39, 0.29) is 18.3 Å². The molecule has 1 atom stereocenters. The molecule has 1 unspecified atom stereocenters. The van der Waals surface area contributed by atoms with Crippen molar-refractivity contribution in [2.75, 3.05) is 19.6 Å². The Morgan fingerprint density at radius 3 is 2.67 bits per heavy atom. The molecule has 2 aromatic heterocycles. The lowest BCUT2D eigenvalue weighted by molar-refractivity contribution is -0.120. The zero-order valence-electron chi connectivity index (χ0n) is 16.7. The van der Waals surface area contributed by atoms with E-state index >= 15 is 0 Å². The van der Waals surface area contributed by atoms with Crippen LogP contribution in [0.3, 0.4) is 0 Å². The summed E-state index contributed by atoms with van der Waals surface area (Å²) in [6, 6.07) is 10.2. The number of thiazole rings is 1. The summed E-state index contributed by atoms with van der Waals surface area (Å²) in [5.74, 6) is 1.42. The van der Waals surface area contributed by atoms with Crippen LogP contribution in [-0.2, 0) is 24.1 Å².